The average molecular weight is 288 g/mol. The Hall–Kier alpha value is -1.81. The standard InChI is InChI=1S/C16H20N2OS/c1-12(16-8-5-9-20-16)17-15-7-4-6-14(10-15)11-18(3)13(2)19/h4-10,12,17H,11H2,1-3H3. The summed E-state index contributed by atoms with van der Waals surface area (Å²) >= 11 is 1.75. The van der Waals surface area contributed by atoms with Gasteiger partial charge in [0.2, 0.25) is 5.91 Å². The van der Waals surface area contributed by atoms with Gasteiger partial charge in [0.05, 0.1) is 6.04 Å². The predicted molar refractivity (Wildman–Crippen MR) is 84.9 cm³/mol. The summed E-state index contributed by atoms with van der Waals surface area (Å²) in [6.07, 6.45) is 0. The van der Waals surface area contributed by atoms with E-state index in [1.165, 1.54) is 4.88 Å². The molecule has 0 radical (unpaired) electrons. The Labute approximate surface area is 124 Å². The topological polar surface area (TPSA) is 32.3 Å². The van der Waals surface area contributed by atoms with Crippen molar-refractivity contribution in [3.8, 4) is 0 Å². The van der Waals surface area contributed by atoms with Crippen molar-refractivity contribution < 1.29 is 4.79 Å². The Morgan fingerprint density at radius 1 is 1.35 bits per heavy atom. The van der Waals surface area contributed by atoms with Gasteiger partial charge in [-0.3, -0.25) is 4.79 Å². The Kier molecular flexibility index (Phi) is 4.79. The van der Waals surface area contributed by atoms with Crippen LogP contribution in [0.25, 0.3) is 0 Å². The highest BCUT2D eigenvalue weighted by molar-refractivity contribution is 7.10. The molecule has 4 heteroatoms. The van der Waals surface area contributed by atoms with Crippen LogP contribution in [0, 0.1) is 0 Å². The second-order valence-corrected chi connectivity index (χ2v) is 5.94. The van der Waals surface area contributed by atoms with E-state index in [1.807, 2.05) is 19.2 Å². The van der Waals surface area contributed by atoms with Crippen LogP contribution in [0.1, 0.15) is 30.3 Å². The second-order valence-electron chi connectivity index (χ2n) is 4.96. The number of thiophene rings is 1. The summed E-state index contributed by atoms with van der Waals surface area (Å²) in [5, 5.41) is 5.58. The van der Waals surface area contributed by atoms with Gasteiger partial charge < -0.3 is 10.2 Å². The van der Waals surface area contributed by atoms with E-state index in [1.54, 1.807) is 23.2 Å². The lowest BCUT2D eigenvalue weighted by Gasteiger charge is -2.17. The van der Waals surface area contributed by atoms with E-state index in [-0.39, 0.29) is 11.9 Å². The van der Waals surface area contributed by atoms with Gasteiger partial charge in [-0.15, -0.1) is 11.3 Å². The number of amides is 1. The summed E-state index contributed by atoms with van der Waals surface area (Å²) in [7, 11) is 1.82. The zero-order valence-electron chi connectivity index (χ0n) is 12.1. The first kappa shape index (κ1) is 14.6. The molecule has 0 aliphatic rings. The first-order valence-electron chi connectivity index (χ1n) is 6.67. The van der Waals surface area contributed by atoms with Crippen LogP contribution in [0.2, 0.25) is 0 Å². The Morgan fingerprint density at radius 3 is 2.80 bits per heavy atom. The lowest BCUT2D eigenvalue weighted by atomic mass is 10.1. The second kappa shape index (κ2) is 6.57. The highest BCUT2D eigenvalue weighted by Gasteiger charge is 2.07. The Bertz CT molecular complexity index is 566. The fourth-order valence-electron chi connectivity index (χ4n) is 2.00. The van der Waals surface area contributed by atoms with E-state index in [9.17, 15) is 4.79 Å². The van der Waals surface area contributed by atoms with E-state index in [2.05, 4.69) is 41.9 Å². The molecule has 1 amide bonds. The number of hydrogen-bond acceptors (Lipinski definition) is 3. The van der Waals surface area contributed by atoms with Crippen LogP contribution in [0.5, 0.6) is 0 Å². The van der Waals surface area contributed by atoms with E-state index < -0.39 is 0 Å². The molecule has 0 saturated carbocycles. The van der Waals surface area contributed by atoms with Gasteiger partial charge in [0.25, 0.3) is 0 Å². The summed E-state index contributed by atoms with van der Waals surface area (Å²) in [5.41, 5.74) is 2.21. The zero-order valence-corrected chi connectivity index (χ0v) is 12.9. The first-order valence-corrected chi connectivity index (χ1v) is 7.55. The van der Waals surface area contributed by atoms with Crippen LogP contribution in [0.4, 0.5) is 5.69 Å². The fourth-order valence-corrected chi connectivity index (χ4v) is 2.74. The summed E-state index contributed by atoms with van der Waals surface area (Å²) in [4.78, 5) is 14.3. The molecule has 2 aromatic rings. The van der Waals surface area contributed by atoms with Gasteiger partial charge in [-0.05, 0) is 36.1 Å². The van der Waals surface area contributed by atoms with Crippen LogP contribution in [-0.4, -0.2) is 17.9 Å². The van der Waals surface area contributed by atoms with Gasteiger partial charge >= 0.3 is 0 Å². The number of anilines is 1. The Balaban J connectivity index is 2.04. The van der Waals surface area contributed by atoms with Gasteiger partial charge in [-0.1, -0.05) is 18.2 Å². The molecule has 3 nitrogen and oxygen atoms in total. The molecule has 0 aliphatic heterocycles. The first-order chi connectivity index (χ1) is 9.56. The maximum atomic E-state index is 11.3. The van der Waals surface area contributed by atoms with E-state index in [0.29, 0.717) is 6.54 Å². The summed E-state index contributed by atoms with van der Waals surface area (Å²) < 4.78 is 0. The van der Waals surface area contributed by atoms with Crippen LogP contribution in [-0.2, 0) is 11.3 Å². The molecule has 1 atom stereocenters. The van der Waals surface area contributed by atoms with Crippen LogP contribution < -0.4 is 5.32 Å². The van der Waals surface area contributed by atoms with Gasteiger partial charge in [0.15, 0.2) is 0 Å². The van der Waals surface area contributed by atoms with Gasteiger partial charge in [-0.2, -0.15) is 0 Å². The normalized spacial score (nSPS) is 11.9. The zero-order chi connectivity index (χ0) is 14.5. The number of benzene rings is 1. The highest BCUT2D eigenvalue weighted by Crippen LogP contribution is 2.23. The summed E-state index contributed by atoms with van der Waals surface area (Å²) in [6, 6.07) is 12.7. The third kappa shape index (κ3) is 3.84. The third-order valence-corrected chi connectivity index (χ3v) is 4.29. The minimum atomic E-state index is 0.0790. The molecule has 20 heavy (non-hydrogen) atoms. The molecule has 0 aliphatic carbocycles. The third-order valence-electron chi connectivity index (χ3n) is 3.24. The Morgan fingerprint density at radius 2 is 2.15 bits per heavy atom. The summed E-state index contributed by atoms with van der Waals surface area (Å²) in [5.74, 6) is 0.0790. The van der Waals surface area contributed by atoms with Crippen molar-refractivity contribution in [2.75, 3.05) is 12.4 Å². The lowest BCUT2D eigenvalue weighted by Crippen LogP contribution is -2.23. The van der Waals surface area contributed by atoms with Crippen LogP contribution in [0.3, 0.4) is 0 Å². The molecule has 0 saturated heterocycles. The minimum absolute atomic E-state index is 0.0790. The lowest BCUT2D eigenvalue weighted by molar-refractivity contribution is -0.128. The van der Waals surface area contributed by atoms with Crippen molar-refractivity contribution >= 4 is 22.9 Å². The van der Waals surface area contributed by atoms with Gasteiger partial charge in [0.1, 0.15) is 0 Å². The number of nitrogens with zero attached hydrogens (tertiary/aromatic N) is 1. The maximum Gasteiger partial charge on any atom is 0.219 e. The highest BCUT2D eigenvalue weighted by atomic mass is 32.1. The number of nitrogens with one attached hydrogen (secondary N) is 1. The largest absolute Gasteiger partial charge is 0.378 e. The molecule has 1 aromatic carbocycles. The van der Waals surface area contributed by atoms with Crippen molar-refractivity contribution in [2.45, 2.75) is 26.4 Å². The molecule has 2 rings (SSSR count). The molecular weight excluding hydrogens is 268 g/mol. The number of carbonyl (C=O) groups excluding carboxylic acids is 1. The van der Waals surface area contributed by atoms with Gasteiger partial charge in [0, 0.05) is 31.1 Å². The quantitative estimate of drug-likeness (QED) is 0.905. The SMILES string of the molecule is CC(=O)N(C)Cc1cccc(NC(C)c2cccs2)c1. The van der Waals surface area contributed by atoms with Gasteiger partial charge in [-0.25, -0.2) is 0 Å². The van der Waals surface area contributed by atoms with E-state index in [0.717, 1.165) is 11.3 Å². The molecule has 0 fully saturated rings. The minimum Gasteiger partial charge on any atom is -0.378 e. The molecule has 1 heterocycles. The molecule has 1 N–H and O–H groups in total. The van der Waals surface area contributed by atoms with Crippen LogP contribution >= 0.6 is 11.3 Å². The van der Waals surface area contributed by atoms with Crippen molar-refractivity contribution in [2.24, 2.45) is 0 Å². The maximum absolute atomic E-state index is 11.3. The number of rotatable bonds is 5. The van der Waals surface area contributed by atoms with Crippen LogP contribution in [0.15, 0.2) is 41.8 Å². The molecule has 1 unspecified atom stereocenters. The molecule has 106 valence electrons. The number of hydrogen-bond donors (Lipinski definition) is 1. The summed E-state index contributed by atoms with van der Waals surface area (Å²) in [6.45, 7) is 4.37. The number of carbonyl (C=O) groups is 1. The molecule has 0 spiro atoms. The molecular formula is C16H20N2OS. The van der Waals surface area contributed by atoms with Crippen molar-refractivity contribution in [1.29, 1.82) is 0 Å². The van der Waals surface area contributed by atoms with Crippen molar-refractivity contribution in [1.82, 2.24) is 4.90 Å². The fraction of sp³-hybridized carbons (Fsp3) is 0.312. The van der Waals surface area contributed by atoms with E-state index in [4.69, 9.17) is 0 Å². The van der Waals surface area contributed by atoms with E-state index >= 15 is 0 Å². The monoisotopic (exact) mass is 288 g/mol. The molecule has 0 bridgehead atoms. The predicted octanol–water partition coefficient (Wildman–Crippen LogP) is 3.90. The van der Waals surface area contributed by atoms with Crippen molar-refractivity contribution in [3.63, 3.8) is 0 Å². The average Bonchev–Trinajstić information content (AvgIpc) is 2.92. The van der Waals surface area contributed by atoms with Crippen molar-refractivity contribution in [3.05, 3.63) is 52.2 Å². The molecule has 1 aromatic heterocycles. The smallest absolute Gasteiger partial charge is 0.219 e.